The fourth-order valence-electron chi connectivity index (χ4n) is 9.01. The minimum atomic E-state index is -0.802. The van der Waals surface area contributed by atoms with Crippen molar-refractivity contribution >= 4 is 17.9 Å². The van der Waals surface area contributed by atoms with E-state index < -0.39 is 6.10 Å². The average molecular weight is 1060 g/mol. The van der Waals surface area contributed by atoms with Crippen molar-refractivity contribution in [1.82, 2.24) is 0 Å². The monoisotopic (exact) mass is 1060 g/mol. The highest BCUT2D eigenvalue weighted by atomic mass is 16.6. The third kappa shape index (κ3) is 61.2. The van der Waals surface area contributed by atoms with Crippen molar-refractivity contribution in [1.29, 1.82) is 0 Å². The van der Waals surface area contributed by atoms with Gasteiger partial charge in [0.1, 0.15) is 13.2 Å². The molecule has 6 nitrogen and oxygen atoms in total. The summed E-state index contributed by atoms with van der Waals surface area (Å²) in [5, 5.41) is 0. The highest BCUT2D eigenvalue weighted by Gasteiger charge is 2.19. The second-order valence-electron chi connectivity index (χ2n) is 21.3. The molecule has 76 heavy (non-hydrogen) atoms. The van der Waals surface area contributed by atoms with Crippen molar-refractivity contribution in [3.8, 4) is 0 Å². The van der Waals surface area contributed by atoms with Gasteiger partial charge in [0.15, 0.2) is 6.10 Å². The van der Waals surface area contributed by atoms with Crippen molar-refractivity contribution < 1.29 is 28.6 Å². The molecule has 1 unspecified atom stereocenters. The number of ether oxygens (including phenoxy) is 3. The molecule has 0 amide bonds. The van der Waals surface area contributed by atoms with Crippen LogP contribution in [-0.4, -0.2) is 37.2 Å². The van der Waals surface area contributed by atoms with E-state index in [1.807, 2.05) is 0 Å². The molecule has 0 aromatic carbocycles. The minimum Gasteiger partial charge on any atom is -0.462 e. The molecule has 0 rings (SSSR count). The second kappa shape index (κ2) is 63.9. The molecule has 0 aliphatic rings. The fourth-order valence-corrected chi connectivity index (χ4v) is 9.01. The van der Waals surface area contributed by atoms with E-state index in [1.165, 1.54) is 167 Å². The molecule has 0 saturated carbocycles. The smallest absolute Gasteiger partial charge is 0.306 e. The van der Waals surface area contributed by atoms with E-state index in [1.54, 1.807) is 0 Å². The Balaban J connectivity index is 4.41. The lowest BCUT2D eigenvalue weighted by molar-refractivity contribution is -0.167. The van der Waals surface area contributed by atoms with Crippen LogP contribution >= 0.6 is 0 Å². The van der Waals surface area contributed by atoms with E-state index in [-0.39, 0.29) is 37.5 Å². The Kier molecular flexibility index (Phi) is 60.8. The lowest BCUT2D eigenvalue weighted by Gasteiger charge is -2.18. The standard InChI is InChI=1S/C70H120O6/c1-4-7-10-13-16-19-22-25-28-30-32-34-35-37-38-40-42-45-48-51-54-57-60-63-69(72)75-66-67(65-74-68(71)62-59-56-53-50-47-44-27-24-21-18-15-12-9-6-3)76-70(73)64-61-58-55-52-49-46-43-41-39-36-33-31-29-26-23-20-17-14-11-8-5-2/h8,11,17,20,22,25-26,29-30,32-33,36,41,43,49,52,67H,4-7,9-10,12-16,18-19,21,23-24,27-28,31,34-35,37-40,42,44-48,50-51,53-66H2,1-3H3/b11-8-,20-17-,25-22-,29-26-,32-30-,36-33-,43-41-,52-49-. The molecule has 0 N–H and O–H groups in total. The number of rotatable bonds is 58. The Bertz CT molecular complexity index is 1490. The summed E-state index contributed by atoms with van der Waals surface area (Å²) in [5.74, 6) is -0.928. The van der Waals surface area contributed by atoms with Crippen LogP contribution < -0.4 is 0 Å². The van der Waals surface area contributed by atoms with Crippen LogP contribution in [-0.2, 0) is 28.6 Å². The first-order valence-electron chi connectivity index (χ1n) is 32.2. The van der Waals surface area contributed by atoms with Crippen LogP contribution in [0.3, 0.4) is 0 Å². The summed E-state index contributed by atoms with van der Waals surface area (Å²) < 4.78 is 16.9. The SMILES string of the molecule is CC/C=C\C/C=C\C/C=C\C/C=C\C/C=C\C/C=C\CCCCC(=O)OC(COC(=O)CCCCCCCCCCCCC/C=C\C/C=C\CCCCCCC)COC(=O)CCCCCCCCCCCCCCCC. The maximum Gasteiger partial charge on any atom is 0.306 e. The molecule has 0 aromatic heterocycles. The summed E-state index contributed by atoms with van der Waals surface area (Å²) in [6.45, 7) is 6.51. The number of hydrogen-bond acceptors (Lipinski definition) is 6. The lowest BCUT2D eigenvalue weighted by Crippen LogP contribution is -2.30. The van der Waals surface area contributed by atoms with Gasteiger partial charge in [-0.15, -0.1) is 0 Å². The molecule has 0 aromatic rings. The summed E-state index contributed by atoms with van der Waals surface area (Å²) in [6.07, 6.45) is 85.5. The van der Waals surface area contributed by atoms with E-state index in [2.05, 4.69) is 118 Å². The first-order chi connectivity index (χ1) is 37.5. The molecule has 0 heterocycles. The Morgan fingerprint density at radius 1 is 0.276 bits per heavy atom. The van der Waals surface area contributed by atoms with E-state index in [9.17, 15) is 14.4 Å². The van der Waals surface area contributed by atoms with Gasteiger partial charge in [0.05, 0.1) is 0 Å². The van der Waals surface area contributed by atoms with Crippen molar-refractivity contribution in [2.75, 3.05) is 13.2 Å². The summed E-state index contributed by atoms with van der Waals surface area (Å²) >= 11 is 0. The fraction of sp³-hybridized carbons (Fsp3) is 0.729. The molecular weight excluding hydrogens is 937 g/mol. The van der Waals surface area contributed by atoms with Crippen molar-refractivity contribution in [3.63, 3.8) is 0 Å². The number of hydrogen-bond donors (Lipinski definition) is 0. The summed E-state index contributed by atoms with van der Waals surface area (Å²) in [4.78, 5) is 38.3. The van der Waals surface area contributed by atoms with Gasteiger partial charge in [-0.25, -0.2) is 0 Å². The van der Waals surface area contributed by atoms with Crippen LogP contribution in [0.15, 0.2) is 97.2 Å². The normalized spacial score (nSPS) is 12.7. The van der Waals surface area contributed by atoms with Crippen LogP contribution in [0.1, 0.15) is 310 Å². The third-order valence-electron chi connectivity index (χ3n) is 13.8. The van der Waals surface area contributed by atoms with Gasteiger partial charge in [-0.3, -0.25) is 14.4 Å². The van der Waals surface area contributed by atoms with Gasteiger partial charge in [-0.05, 0) is 103 Å². The van der Waals surface area contributed by atoms with Crippen molar-refractivity contribution in [3.05, 3.63) is 97.2 Å². The molecule has 0 saturated heterocycles. The highest BCUT2D eigenvalue weighted by molar-refractivity contribution is 5.71. The van der Waals surface area contributed by atoms with Crippen LogP contribution in [0, 0.1) is 0 Å². The number of unbranched alkanes of at least 4 members (excludes halogenated alkanes) is 31. The van der Waals surface area contributed by atoms with Gasteiger partial charge >= 0.3 is 17.9 Å². The van der Waals surface area contributed by atoms with Gasteiger partial charge in [0.2, 0.25) is 0 Å². The topological polar surface area (TPSA) is 78.9 Å². The Morgan fingerprint density at radius 2 is 0.513 bits per heavy atom. The molecule has 0 aliphatic carbocycles. The Labute approximate surface area is 470 Å². The van der Waals surface area contributed by atoms with Gasteiger partial charge in [-0.1, -0.05) is 285 Å². The van der Waals surface area contributed by atoms with Crippen LogP contribution in [0.5, 0.6) is 0 Å². The van der Waals surface area contributed by atoms with E-state index in [0.717, 1.165) is 96.3 Å². The quantitative estimate of drug-likeness (QED) is 0.0261. The van der Waals surface area contributed by atoms with E-state index in [4.69, 9.17) is 14.2 Å². The summed E-state index contributed by atoms with van der Waals surface area (Å²) in [5.41, 5.74) is 0. The van der Waals surface area contributed by atoms with Crippen LogP contribution in [0.4, 0.5) is 0 Å². The maximum absolute atomic E-state index is 12.9. The summed E-state index contributed by atoms with van der Waals surface area (Å²) in [6, 6.07) is 0. The van der Waals surface area contributed by atoms with Gasteiger partial charge in [0, 0.05) is 19.3 Å². The Hall–Kier alpha value is -3.67. The van der Waals surface area contributed by atoms with Crippen molar-refractivity contribution in [2.45, 2.75) is 316 Å². The van der Waals surface area contributed by atoms with Crippen LogP contribution in [0.25, 0.3) is 0 Å². The second-order valence-corrected chi connectivity index (χ2v) is 21.3. The molecular formula is C70H120O6. The first-order valence-corrected chi connectivity index (χ1v) is 32.2. The molecule has 0 fully saturated rings. The number of carbonyl (C=O) groups is 3. The number of carbonyl (C=O) groups excluding carboxylic acids is 3. The van der Waals surface area contributed by atoms with Crippen LogP contribution in [0.2, 0.25) is 0 Å². The number of allylic oxidation sites excluding steroid dienone is 16. The van der Waals surface area contributed by atoms with Gasteiger partial charge in [-0.2, -0.15) is 0 Å². The Morgan fingerprint density at radius 3 is 0.829 bits per heavy atom. The largest absolute Gasteiger partial charge is 0.462 e. The third-order valence-corrected chi connectivity index (χ3v) is 13.8. The first kappa shape index (κ1) is 72.3. The predicted molar refractivity (Wildman–Crippen MR) is 330 cm³/mol. The predicted octanol–water partition coefficient (Wildman–Crippen LogP) is 22.0. The molecule has 0 aliphatic heterocycles. The van der Waals surface area contributed by atoms with Crippen molar-refractivity contribution in [2.24, 2.45) is 0 Å². The molecule has 436 valence electrons. The molecule has 0 spiro atoms. The zero-order valence-corrected chi connectivity index (χ0v) is 50.0. The minimum absolute atomic E-state index is 0.0935. The average Bonchev–Trinajstić information content (AvgIpc) is 3.42. The van der Waals surface area contributed by atoms with Gasteiger partial charge < -0.3 is 14.2 Å². The van der Waals surface area contributed by atoms with E-state index in [0.29, 0.717) is 19.3 Å². The zero-order chi connectivity index (χ0) is 55.0. The molecule has 0 radical (unpaired) electrons. The molecule has 1 atom stereocenters. The lowest BCUT2D eigenvalue weighted by atomic mass is 10.0. The zero-order valence-electron chi connectivity index (χ0n) is 50.0. The highest BCUT2D eigenvalue weighted by Crippen LogP contribution is 2.16. The van der Waals surface area contributed by atoms with Gasteiger partial charge in [0.25, 0.3) is 0 Å². The molecule has 6 heteroatoms. The van der Waals surface area contributed by atoms with E-state index >= 15 is 0 Å². The number of esters is 3. The molecule has 0 bridgehead atoms. The maximum atomic E-state index is 12.9. The summed E-state index contributed by atoms with van der Waals surface area (Å²) in [7, 11) is 0.